The molecule has 2 unspecified atom stereocenters. The monoisotopic (exact) mass is 344 g/mol. The van der Waals surface area contributed by atoms with Crippen molar-refractivity contribution in [2.75, 3.05) is 26.9 Å². The van der Waals surface area contributed by atoms with Gasteiger partial charge in [0.2, 0.25) is 0 Å². The lowest BCUT2D eigenvalue weighted by Gasteiger charge is -2.15. The van der Waals surface area contributed by atoms with Crippen LogP contribution in [-0.2, 0) is 9.47 Å². The van der Waals surface area contributed by atoms with Gasteiger partial charge in [-0.1, -0.05) is 70.4 Å². The summed E-state index contributed by atoms with van der Waals surface area (Å²) in [7, 11) is 1.67. The highest BCUT2D eigenvalue weighted by Gasteiger charge is 2.07. The summed E-state index contributed by atoms with van der Waals surface area (Å²) in [5, 5.41) is 17.9. The second-order valence-corrected chi connectivity index (χ2v) is 6.56. The SMILES string of the molecule is CCCCCCCCCCCC=CCC(COCC(O)CO)OC. The lowest BCUT2D eigenvalue weighted by Crippen LogP contribution is -2.24. The lowest BCUT2D eigenvalue weighted by molar-refractivity contribution is -0.0345. The smallest absolute Gasteiger partial charge is 0.100 e. The summed E-state index contributed by atoms with van der Waals surface area (Å²) in [6.07, 6.45) is 17.8. The van der Waals surface area contributed by atoms with Gasteiger partial charge in [0.1, 0.15) is 6.10 Å². The van der Waals surface area contributed by atoms with E-state index in [2.05, 4.69) is 19.1 Å². The minimum absolute atomic E-state index is 0.00950. The van der Waals surface area contributed by atoms with Gasteiger partial charge in [-0.2, -0.15) is 0 Å². The van der Waals surface area contributed by atoms with Gasteiger partial charge in [0.05, 0.1) is 25.9 Å². The van der Waals surface area contributed by atoms with Crippen molar-refractivity contribution in [2.24, 2.45) is 0 Å². The lowest BCUT2D eigenvalue weighted by atomic mass is 10.1. The quantitative estimate of drug-likeness (QED) is 0.288. The van der Waals surface area contributed by atoms with Crippen LogP contribution in [0.1, 0.15) is 77.6 Å². The van der Waals surface area contributed by atoms with Crippen LogP contribution in [0.3, 0.4) is 0 Å². The first-order valence-corrected chi connectivity index (χ1v) is 9.79. The van der Waals surface area contributed by atoms with Gasteiger partial charge in [-0.15, -0.1) is 0 Å². The highest BCUT2D eigenvalue weighted by molar-refractivity contribution is 4.84. The van der Waals surface area contributed by atoms with Crippen molar-refractivity contribution in [3.63, 3.8) is 0 Å². The molecule has 24 heavy (non-hydrogen) atoms. The van der Waals surface area contributed by atoms with Crippen molar-refractivity contribution < 1.29 is 19.7 Å². The number of hydrogen-bond donors (Lipinski definition) is 2. The average molecular weight is 345 g/mol. The first kappa shape index (κ1) is 23.6. The molecule has 0 aromatic rings. The minimum Gasteiger partial charge on any atom is -0.394 e. The average Bonchev–Trinajstić information content (AvgIpc) is 2.60. The van der Waals surface area contributed by atoms with Crippen molar-refractivity contribution in [2.45, 2.75) is 89.8 Å². The molecule has 0 rings (SSSR count). The fourth-order valence-electron chi connectivity index (χ4n) is 2.56. The molecule has 0 aliphatic heterocycles. The molecule has 0 heterocycles. The van der Waals surface area contributed by atoms with E-state index >= 15 is 0 Å². The summed E-state index contributed by atoms with van der Waals surface area (Å²) >= 11 is 0. The highest BCUT2D eigenvalue weighted by atomic mass is 16.5. The van der Waals surface area contributed by atoms with Crippen LogP contribution in [0.5, 0.6) is 0 Å². The van der Waals surface area contributed by atoms with E-state index in [0.717, 1.165) is 12.8 Å². The Kier molecular flexibility index (Phi) is 18.6. The Labute approximate surface area is 149 Å². The molecular formula is C20H40O4. The summed E-state index contributed by atoms with van der Waals surface area (Å²) in [5.41, 5.74) is 0. The van der Waals surface area contributed by atoms with Crippen molar-refractivity contribution in [3.05, 3.63) is 12.2 Å². The maximum Gasteiger partial charge on any atom is 0.100 e. The number of unbranched alkanes of at least 4 members (excludes halogenated alkanes) is 9. The number of allylic oxidation sites excluding steroid dienone is 1. The van der Waals surface area contributed by atoms with Gasteiger partial charge in [0.25, 0.3) is 0 Å². The van der Waals surface area contributed by atoms with Gasteiger partial charge in [-0.3, -0.25) is 0 Å². The predicted octanol–water partition coefficient (Wildman–Crippen LogP) is 4.24. The van der Waals surface area contributed by atoms with Crippen LogP contribution in [0.2, 0.25) is 0 Å². The second-order valence-electron chi connectivity index (χ2n) is 6.56. The Morgan fingerprint density at radius 2 is 1.50 bits per heavy atom. The fraction of sp³-hybridized carbons (Fsp3) is 0.900. The van der Waals surface area contributed by atoms with E-state index in [1.165, 1.54) is 57.8 Å². The molecule has 0 saturated heterocycles. The van der Waals surface area contributed by atoms with Gasteiger partial charge < -0.3 is 19.7 Å². The highest BCUT2D eigenvalue weighted by Crippen LogP contribution is 2.11. The Morgan fingerprint density at radius 3 is 2.08 bits per heavy atom. The van der Waals surface area contributed by atoms with E-state index in [9.17, 15) is 5.11 Å². The molecule has 0 spiro atoms. The van der Waals surface area contributed by atoms with Crippen LogP contribution in [0.4, 0.5) is 0 Å². The fourth-order valence-corrected chi connectivity index (χ4v) is 2.56. The van der Waals surface area contributed by atoms with Crippen molar-refractivity contribution in [1.82, 2.24) is 0 Å². The van der Waals surface area contributed by atoms with E-state index in [-0.39, 0.29) is 19.3 Å². The Balaban J connectivity index is 3.42. The first-order chi connectivity index (χ1) is 11.7. The predicted molar refractivity (Wildman–Crippen MR) is 100 cm³/mol. The zero-order chi connectivity index (χ0) is 17.9. The Bertz CT molecular complexity index is 268. The van der Waals surface area contributed by atoms with Gasteiger partial charge in [-0.25, -0.2) is 0 Å². The number of ether oxygens (including phenoxy) is 2. The normalized spacial score (nSPS) is 14.3. The van der Waals surface area contributed by atoms with Gasteiger partial charge in [-0.05, 0) is 19.3 Å². The molecule has 0 aromatic carbocycles. The van der Waals surface area contributed by atoms with Crippen molar-refractivity contribution in [1.29, 1.82) is 0 Å². The molecule has 0 aromatic heterocycles. The van der Waals surface area contributed by atoms with Crippen LogP contribution in [0, 0.1) is 0 Å². The zero-order valence-electron chi connectivity index (χ0n) is 15.9. The van der Waals surface area contributed by atoms with Crippen LogP contribution < -0.4 is 0 Å². The van der Waals surface area contributed by atoms with Gasteiger partial charge in [0, 0.05) is 7.11 Å². The Morgan fingerprint density at radius 1 is 0.875 bits per heavy atom. The largest absolute Gasteiger partial charge is 0.394 e. The summed E-state index contributed by atoms with van der Waals surface area (Å²) in [6.45, 7) is 2.59. The van der Waals surface area contributed by atoms with E-state index in [1.807, 2.05) is 0 Å². The molecule has 0 amide bonds. The maximum absolute atomic E-state index is 9.20. The summed E-state index contributed by atoms with van der Waals surface area (Å²) in [6, 6.07) is 0. The van der Waals surface area contributed by atoms with E-state index < -0.39 is 6.10 Å². The zero-order valence-corrected chi connectivity index (χ0v) is 15.9. The minimum atomic E-state index is -0.801. The molecule has 0 radical (unpaired) electrons. The Hall–Kier alpha value is -0.420. The molecule has 2 atom stereocenters. The molecule has 4 nitrogen and oxygen atoms in total. The van der Waals surface area contributed by atoms with Crippen molar-refractivity contribution in [3.8, 4) is 0 Å². The van der Waals surface area contributed by atoms with E-state index in [1.54, 1.807) is 7.11 Å². The number of aliphatic hydroxyl groups excluding tert-OH is 2. The third-order valence-electron chi connectivity index (χ3n) is 4.20. The van der Waals surface area contributed by atoms with E-state index in [0.29, 0.717) is 6.61 Å². The molecule has 0 bridgehead atoms. The standard InChI is InChI=1S/C20H40O4/c1-3-4-5-6-7-8-9-10-11-12-13-14-15-20(23-2)18-24-17-19(22)16-21/h13-14,19-22H,3-12,15-18H2,1-2H3. The van der Waals surface area contributed by atoms with E-state index in [4.69, 9.17) is 14.6 Å². The third-order valence-corrected chi connectivity index (χ3v) is 4.20. The number of rotatable bonds is 18. The summed E-state index contributed by atoms with van der Waals surface area (Å²) < 4.78 is 10.7. The van der Waals surface area contributed by atoms with Crippen LogP contribution >= 0.6 is 0 Å². The number of hydrogen-bond acceptors (Lipinski definition) is 4. The van der Waals surface area contributed by atoms with Crippen LogP contribution in [-0.4, -0.2) is 49.4 Å². The van der Waals surface area contributed by atoms with Crippen molar-refractivity contribution >= 4 is 0 Å². The van der Waals surface area contributed by atoms with Gasteiger partial charge in [0.15, 0.2) is 0 Å². The molecule has 4 heteroatoms. The van der Waals surface area contributed by atoms with Gasteiger partial charge >= 0.3 is 0 Å². The molecule has 0 fully saturated rings. The number of aliphatic hydroxyl groups is 2. The molecule has 2 N–H and O–H groups in total. The molecular weight excluding hydrogens is 304 g/mol. The maximum atomic E-state index is 9.20. The molecule has 0 aliphatic rings. The number of methoxy groups -OCH3 is 1. The first-order valence-electron chi connectivity index (χ1n) is 9.79. The topological polar surface area (TPSA) is 58.9 Å². The summed E-state index contributed by atoms with van der Waals surface area (Å²) in [4.78, 5) is 0. The molecule has 0 aliphatic carbocycles. The summed E-state index contributed by atoms with van der Waals surface area (Å²) in [5.74, 6) is 0. The van der Waals surface area contributed by atoms with Crippen LogP contribution in [0.15, 0.2) is 12.2 Å². The molecule has 0 saturated carbocycles. The van der Waals surface area contributed by atoms with Crippen LogP contribution in [0.25, 0.3) is 0 Å². The second kappa shape index (κ2) is 18.9. The third kappa shape index (κ3) is 16.4. The molecule has 144 valence electrons.